The molecule has 1 aromatic carbocycles. The summed E-state index contributed by atoms with van der Waals surface area (Å²) in [7, 11) is -3.65. The van der Waals surface area contributed by atoms with Crippen molar-refractivity contribution in [3.8, 4) is 0 Å². The van der Waals surface area contributed by atoms with Crippen LogP contribution in [-0.2, 0) is 35.5 Å². The van der Waals surface area contributed by atoms with Crippen LogP contribution < -0.4 is 16.6 Å². The molecule has 0 saturated heterocycles. The number of hydrogen-bond donors (Lipinski definition) is 2. The number of rotatable bonds is 8. The van der Waals surface area contributed by atoms with Crippen LogP contribution in [0, 0.1) is 6.92 Å². The van der Waals surface area contributed by atoms with Crippen LogP contribution in [0.25, 0.3) is 0 Å². The Kier molecular flexibility index (Phi) is 8.29. The van der Waals surface area contributed by atoms with E-state index in [9.17, 15) is 31.2 Å². The van der Waals surface area contributed by atoms with E-state index in [1.165, 1.54) is 42.0 Å². The maximum atomic E-state index is 13.5. The predicted molar refractivity (Wildman–Crippen MR) is 146 cm³/mol. The Morgan fingerprint density at radius 1 is 1.10 bits per heavy atom. The quantitative estimate of drug-likeness (QED) is 0.323. The fourth-order valence-electron chi connectivity index (χ4n) is 4.35. The normalized spacial score (nSPS) is 11.8. The first kappa shape index (κ1) is 29.5. The van der Waals surface area contributed by atoms with E-state index in [4.69, 9.17) is 5.73 Å². The summed E-state index contributed by atoms with van der Waals surface area (Å²) < 4.78 is 67.0. The summed E-state index contributed by atoms with van der Waals surface area (Å²) in [6.07, 6.45) is -0.473. The number of halogens is 3. The van der Waals surface area contributed by atoms with Crippen LogP contribution in [0.5, 0.6) is 0 Å². The molecular formula is C28H26F3N5O4S. The largest absolute Gasteiger partial charge is 0.416 e. The highest BCUT2D eigenvalue weighted by molar-refractivity contribution is 7.90. The summed E-state index contributed by atoms with van der Waals surface area (Å²) in [6.45, 7) is 1.02. The van der Waals surface area contributed by atoms with Crippen molar-refractivity contribution >= 4 is 21.6 Å². The van der Waals surface area contributed by atoms with Crippen molar-refractivity contribution in [2.24, 2.45) is 0 Å². The van der Waals surface area contributed by atoms with Gasteiger partial charge in [0.25, 0.3) is 11.5 Å². The number of nitrogens with one attached hydrogen (secondary N) is 1. The Morgan fingerprint density at radius 2 is 1.85 bits per heavy atom. The highest BCUT2D eigenvalue weighted by Gasteiger charge is 2.35. The molecule has 13 heteroatoms. The number of carbonyl (C=O) groups is 1. The molecule has 0 saturated carbocycles. The zero-order valence-corrected chi connectivity index (χ0v) is 22.9. The molecule has 0 spiro atoms. The summed E-state index contributed by atoms with van der Waals surface area (Å²) >= 11 is 0. The third-order valence-corrected chi connectivity index (χ3v) is 7.50. The lowest BCUT2D eigenvalue weighted by Crippen LogP contribution is -2.26. The Morgan fingerprint density at radius 3 is 2.54 bits per heavy atom. The SMILES string of the molecule is Cc1nc(N)cc(C(F)(F)F)c1CNC(=O)c1ccnc(Cc2ccc(Cn3ccccc3=O)c(S(C)(=O)=O)c2)c1. The average Bonchev–Trinajstić information content (AvgIpc) is 2.89. The molecule has 0 aliphatic rings. The average molecular weight is 586 g/mol. The van der Waals surface area contributed by atoms with E-state index >= 15 is 0 Å². The minimum atomic E-state index is -4.68. The Hall–Kier alpha value is -4.52. The number of carbonyl (C=O) groups excluding carboxylic acids is 1. The van der Waals surface area contributed by atoms with E-state index in [-0.39, 0.29) is 46.1 Å². The molecular weight excluding hydrogens is 559 g/mol. The molecule has 0 fully saturated rings. The number of anilines is 1. The van der Waals surface area contributed by atoms with Crippen molar-refractivity contribution < 1.29 is 26.4 Å². The number of benzene rings is 1. The first-order chi connectivity index (χ1) is 19.2. The van der Waals surface area contributed by atoms with Crippen LogP contribution in [0.4, 0.5) is 19.0 Å². The summed E-state index contributed by atoms with van der Waals surface area (Å²) in [5.74, 6) is -0.900. The van der Waals surface area contributed by atoms with Crippen molar-refractivity contribution in [2.45, 2.75) is 37.5 Å². The van der Waals surface area contributed by atoms with E-state index in [1.54, 1.807) is 30.5 Å². The fourth-order valence-corrected chi connectivity index (χ4v) is 5.33. The second-order valence-corrected chi connectivity index (χ2v) is 11.4. The number of nitrogens with zero attached hydrogens (tertiary/aromatic N) is 3. The van der Waals surface area contributed by atoms with Crippen molar-refractivity contribution in [1.82, 2.24) is 19.9 Å². The van der Waals surface area contributed by atoms with E-state index in [1.807, 2.05) is 0 Å². The fraction of sp³-hybridized carbons (Fsp3) is 0.214. The van der Waals surface area contributed by atoms with E-state index in [0.717, 1.165) is 12.3 Å². The number of amides is 1. The third-order valence-electron chi connectivity index (χ3n) is 6.32. The highest BCUT2D eigenvalue weighted by atomic mass is 32.2. The lowest BCUT2D eigenvalue weighted by Gasteiger charge is -2.16. The number of nitrogen functional groups attached to an aromatic ring is 1. The monoisotopic (exact) mass is 585 g/mol. The molecule has 0 radical (unpaired) electrons. The maximum absolute atomic E-state index is 13.5. The molecule has 3 heterocycles. The minimum absolute atomic E-state index is 0.0512. The maximum Gasteiger partial charge on any atom is 0.416 e. The van der Waals surface area contributed by atoms with Gasteiger partial charge in [-0.2, -0.15) is 13.2 Å². The first-order valence-corrected chi connectivity index (χ1v) is 14.1. The predicted octanol–water partition coefficient (Wildman–Crippen LogP) is 3.52. The number of alkyl halides is 3. The third kappa shape index (κ3) is 7.17. The number of pyridine rings is 3. The van der Waals surface area contributed by atoms with Gasteiger partial charge in [0.15, 0.2) is 9.84 Å². The van der Waals surface area contributed by atoms with E-state index < -0.39 is 34.0 Å². The summed E-state index contributed by atoms with van der Waals surface area (Å²) in [6, 6.07) is 13.1. The molecule has 41 heavy (non-hydrogen) atoms. The van der Waals surface area contributed by atoms with E-state index in [2.05, 4.69) is 15.3 Å². The van der Waals surface area contributed by atoms with Crippen molar-refractivity contribution in [3.63, 3.8) is 0 Å². The molecule has 0 aliphatic carbocycles. The number of nitrogens with two attached hydrogens (primary N) is 1. The molecule has 4 aromatic rings. The summed E-state index contributed by atoms with van der Waals surface area (Å²) in [5.41, 5.74) is 5.73. The summed E-state index contributed by atoms with van der Waals surface area (Å²) in [5, 5.41) is 2.49. The standard InChI is InChI=1S/C28H26F3N5O4S/c1-17-22(23(28(29,30)31)14-25(32)35-17)15-34-27(38)19-8-9-33-21(13-19)11-18-6-7-20(24(12-18)41(2,39)40)16-36-10-4-3-5-26(36)37/h3-10,12-14H,11,15-16H2,1-2H3,(H2,32,35)(H,34,38). The van der Waals surface area contributed by atoms with Crippen LogP contribution in [0.15, 0.2) is 76.7 Å². The van der Waals surface area contributed by atoms with Gasteiger partial charge >= 0.3 is 6.18 Å². The van der Waals surface area contributed by atoms with Gasteiger partial charge in [-0.05, 0) is 48.4 Å². The second-order valence-electron chi connectivity index (χ2n) is 9.43. The van der Waals surface area contributed by atoms with Crippen molar-refractivity contribution in [3.05, 3.63) is 117 Å². The molecule has 214 valence electrons. The summed E-state index contributed by atoms with van der Waals surface area (Å²) in [4.78, 5) is 33.1. The van der Waals surface area contributed by atoms with Crippen LogP contribution in [0.2, 0.25) is 0 Å². The molecule has 0 bridgehead atoms. The molecule has 1 amide bonds. The minimum Gasteiger partial charge on any atom is -0.384 e. The lowest BCUT2D eigenvalue weighted by atomic mass is 10.0. The topological polar surface area (TPSA) is 137 Å². The molecule has 4 rings (SSSR count). The van der Waals surface area contributed by atoms with Gasteiger partial charge in [0.1, 0.15) is 5.82 Å². The Labute approximate surface area is 233 Å². The van der Waals surface area contributed by atoms with Gasteiger partial charge in [-0.1, -0.05) is 18.2 Å². The number of sulfone groups is 1. The molecule has 3 N–H and O–H groups in total. The van der Waals surface area contributed by atoms with Crippen molar-refractivity contribution in [2.75, 3.05) is 12.0 Å². The van der Waals surface area contributed by atoms with Crippen LogP contribution in [0.1, 0.15) is 44.0 Å². The van der Waals surface area contributed by atoms with Crippen LogP contribution in [0.3, 0.4) is 0 Å². The smallest absolute Gasteiger partial charge is 0.384 e. The Bertz CT molecular complexity index is 1790. The highest BCUT2D eigenvalue weighted by Crippen LogP contribution is 2.34. The van der Waals surface area contributed by atoms with Crippen LogP contribution >= 0.6 is 0 Å². The van der Waals surface area contributed by atoms with Crippen LogP contribution in [-0.4, -0.2) is 35.1 Å². The molecule has 0 aliphatic heterocycles. The van der Waals surface area contributed by atoms with Gasteiger partial charge in [0.2, 0.25) is 0 Å². The number of aromatic nitrogens is 3. The zero-order valence-electron chi connectivity index (χ0n) is 22.1. The molecule has 3 aromatic heterocycles. The Balaban J connectivity index is 1.54. The van der Waals surface area contributed by atoms with Gasteiger partial charge in [-0.15, -0.1) is 0 Å². The first-order valence-electron chi connectivity index (χ1n) is 12.3. The molecule has 0 unspecified atom stereocenters. The molecule has 0 atom stereocenters. The van der Waals surface area contributed by atoms with Gasteiger partial charge in [-0.3, -0.25) is 14.6 Å². The number of aryl methyl sites for hydroxylation is 1. The molecule has 9 nitrogen and oxygen atoms in total. The van der Waals surface area contributed by atoms with Gasteiger partial charge in [0.05, 0.1) is 17.0 Å². The van der Waals surface area contributed by atoms with Gasteiger partial charge in [0, 0.05) is 60.2 Å². The zero-order chi connectivity index (χ0) is 29.9. The van der Waals surface area contributed by atoms with Gasteiger partial charge < -0.3 is 15.6 Å². The lowest BCUT2D eigenvalue weighted by molar-refractivity contribution is -0.138. The number of hydrogen-bond acceptors (Lipinski definition) is 7. The van der Waals surface area contributed by atoms with Gasteiger partial charge in [-0.25, -0.2) is 13.4 Å². The second kappa shape index (κ2) is 11.5. The van der Waals surface area contributed by atoms with Crippen molar-refractivity contribution in [1.29, 1.82) is 0 Å². The van der Waals surface area contributed by atoms with E-state index in [0.29, 0.717) is 16.8 Å².